The number of sulfonamides is 1. The van der Waals surface area contributed by atoms with Gasteiger partial charge in [0.1, 0.15) is 5.69 Å². The van der Waals surface area contributed by atoms with Gasteiger partial charge in [-0.2, -0.15) is 0 Å². The van der Waals surface area contributed by atoms with Crippen LogP contribution in [0.1, 0.15) is 23.0 Å². The number of aromatic nitrogens is 1. The van der Waals surface area contributed by atoms with Crippen LogP contribution in [-0.2, 0) is 23.1 Å². The van der Waals surface area contributed by atoms with E-state index in [9.17, 15) is 13.2 Å². The van der Waals surface area contributed by atoms with E-state index in [0.29, 0.717) is 17.8 Å². The van der Waals surface area contributed by atoms with Gasteiger partial charge >= 0.3 is 0 Å². The van der Waals surface area contributed by atoms with Gasteiger partial charge in [0.15, 0.2) is 0 Å². The molecule has 0 atom stereocenters. The Kier molecular flexibility index (Phi) is 5.11. The van der Waals surface area contributed by atoms with Gasteiger partial charge in [-0.1, -0.05) is 30.3 Å². The Morgan fingerprint density at radius 3 is 2.58 bits per heavy atom. The van der Waals surface area contributed by atoms with Crippen LogP contribution < -0.4 is 10.0 Å². The molecule has 6 nitrogen and oxygen atoms in total. The molecule has 3 aromatic rings. The Balaban J connectivity index is 1.81. The number of para-hydroxylation sites is 1. The number of rotatable bonds is 6. The van der Waals surface area contributed by atoms with E-state index in [1.54, 1.807) is 18.2 Å². The van der Waals surface area contributed by atoms with Gasteiger partial charge < -0.3 is 9.88 Å². The highest BCUT2D eigenvalue weighted by Crippen LogP contribution is 2.20. The molecule has 136 valence electrons. The number of benzene rings is 2. The van der Waals surface area contributed by atoms with Crippen LogP contribution >= 0.6 is 0 Å². The quantitative estimate of drug-likeness (QED) is 0.699. The topological polar surface area (TPSA) is 80.2 Å². The first kappa shape index (κ1) is 18.2. The zero-order chi connectivity index (χ0) is 18.7. The van der Waals surface area contributed by atoms with Gasteiger partial charge in [-0.15, -0.1) is 0 Å². The summed E-state index contributed by atoms with van der Waals surface area (Å²) < 4.78 is 28.0. The molecule has 2 aromatic carbocycles. The van der Waals surface area contributed by atoms with E-state index >= 15 is 0 Å². The molecule has 0 radical (unpaired) electrons. The summed E-state index contributed by atoms with van der Waals surface area (Å²) in [5, 5.41) is 3.89. The van der Waals surface area contributed by atoms with Crippen LogP contribution in [0.15, 0.2) is 59.5 Å². The maximum absolute atomic E-state index is 12.6. The minimum absolute atomic E-state index is 0.175. The highest BCUT2D eigenvalue weighted by Gasteiger charge is 2.15. The number of hydrogen-bond acceptors (Lipinski definition) is 3. The molecule has 1 heterocycles. The Morgan fingerprint density at radius 2 is 1.85 bits per heavy atom. The Labute approximate surface area is 152 Å². The number of carbonyl (C=O) groups excluding carboxylic acids is 1. The number of amides is 1. The Morgan fingerprint density at radius 1 is 1.08 bits per heavy atom. The van der Waals surface area contributed by atoms with E-state index in [4.69, 9.17) is 0 Å². The minimum atomic E-state index is -3.51. The van der Waals surface area contributed by atoms with Gasteiger partial charge in [0.25, 0.3) is 5.91 Å². The first-order valence-electron chi connectivity index (χ1n) is 8.35. The van der Waals surface area contributed by atoms with Gasteiger partial charge in [-0.25, -0.2) is 13.1 Å². The third kappa shape index (κ3) is 3.49. The van der Waals surface area contributed by atoms with Crippen molar-refractivity contribution >= 4 is 26.8 Å². The van der Waals surface area contributed by atoms with E-state index in [1.165, 1.54) is 13.1 Å². The van der Waals surface area contributed by atoms with Crippen LogP contribution in [-0.4, -0.2) is 25.9 Å². The molecule has 0 saturated heterocycles. The summed E-state index contributed by atoms with van der Waals surface area (Å²) in [6, 6.07) is 16.2. The summed E-state index contributed by atoms with van der Waals surface area (Å²) in [5.74, 6) is -0.190. The van der Waals surface area contributed by atoms with Crippen molar-refractivity contribution in [2.45, 2.75) is 24.9 Å². The summed E-state index contributed by atoms with van der Waals surface area (Å²) >= 11 is 0. The van der Waals surface area contributed by atoms with Crippen LogP contribution in [0.2, 0.25) is 0 Å². The molecule has 0 aliphatic rings. The van der Waals surface area contributed by atoms with Crippen molar-refractivity contribution in [3.63, 3.8) is 0 Å². The van der Waals surface area contributed by atoms with E-state index in [1.807, 2.05) is 41.8 Å². The average molecular weight is 371 g/mol. The number of aryl methyl sites for hydroxylation is 1. The van der Waals surface area contributed by atoms with Gasteiger partial charge in [-0.05, 0) is 43.8 Å². The number of nitrogens with zero attached hydrogens (tertiary/aromatic N) is 1. The van der Waals surface area contributed by atoms with Crippen molar-refractivity contribution in [2.24, 2.45) is 0 Å². The maximum Gasteiger partial charge on any atom is 0.268 e. The number of nitrogens with one attached hydrogen (secondary N) is 2. The zero-order valence-corrected chi connectivity index (χ0v) is 15.5. The second-order valence-corrected chi connectivity index (χ2v) is 7.76. The van der Waals surface area contributed by atoms with E-state index in [2.05, 4.69) is 10.0 Å². The van der Waals surface area contributed by atoms with Crippen molar-refractivity contribution < 1.29 is 13.2 Å². The summed E-state index contributed by atoms with van der Waals surface area (Å²) in [6.45, 7) is 2.93. The molecule has 1 aromatic heterocycles. The lowest BCUT2D eigenvalue weighted by atomic mass is 10.2. The van der Waals surface area contributed by atoms with E-state index in [-0.39, 0.29) is 17.3 Å². The van der Waals surface area contributed by atoms with Gasteiger partial charge in [0.2, 0.25) is 10.0 Å². The third-order valence-electron chi connectivity index (χ3n) is 4.29. The van der Waals surface area contributed by atoms with Crippen molar-refractivity contribution in [3.8, 4) is 0 Å². The van der Waals surface area contributed by atoms with Crippen LogP contribution in [0, 0.1) is 0 Å². The molecule has 26 heavy (non-hydrogen) atoms. The smallest absolute Gasteiger partial charge is 0.268 e. The summed E-state index contributed by atoms with van der Waals surface area (Å²) in [6.07, 6.45) is 0. The van der Waals surface area contributed by atoms with Gasteiger partial charge in [0.05, 0.1) is 4.90 Å². The SMILES string of the molecule is CCn1c(C(=O)NCc2cccc(S(=O)(=O)NC)c2)cc2ccccc21. The first-order chi connectivity index (χ1) is 12.5. The fourth-order valence-electron chi connectivity index (χ4n) is 2.95. The average Bonchev–Trinajstić information content (AvgIpc) is 3.05. The largest absolute Gasteiger partial charge is 0.347 e. The van der Waals surface area contributed by atoms with Gasteiger partial charge in [0, 0.05) is 24.0 Å². The standard InChI is InChI=1S/C19H21N3O3S/c1-3-22-17-10-5-4-8-15(17)12-18(22)19(23)21-13-14-7-6-9-16(11-14)26(24,25)20-2/h4-12,20H,3,13H2,1-2H3,(H,21,23). The molecule has 7 heteroatoms. The van der Waals surface area contributed by atoms with Crippen LogP contribution in [0.5, 0.6) is 0 Å². The first-order valence-corrected chi connectivity index (χ1v) is 9.83. The Bertz CT molecular complexity index is 1050. The fourth-order valence-corrected chi connectivity index (χ4v) is 3.75. The lowest BCUT2D eigenvalue weighted by molar-refractivity contribution is 0.0942. The molecule has 0 fully saturated rings. The maximum atomic E-state index is 12.6. The highest BCUT2D eigenvalue weighted by molar-refractivity contribution is 7.89. The van der Waals surface area contributed by atoms with Crippen LogP contribution in [0.3, 0.4) is 0 Å². The van der Waals surface area contributed by atoms with Crippen molar-refractivity contribution in [1.82, 2.24) is 14.6 Å². The predicted molar refractivity (Wildman–Crippen MR) is 101 cm³/mol. The highest BCUT2D eigenvalue weighted by atomic mass is 32.2. The second kappa shape index (κ2) is 7.31. The molecular formula is C19H21N3O3S. The number of fused-ring (bicyclic) bond motifs is 1. The molecule has 1 amide bonds. The zero-order valence-electron chi connectivity index (χ0n) is 14.7. The molecule has 3 rings (SSSR count). The molecule has 0 aliphatic heterocycles. The predicted octanol–water partition coefficient (Wildman–Crippen LogP) is 2.50. The van der Waals surface area contributed by atoms with Crippen molar-refractivity contribution in [2.75, 3.05) is 7.05 Å². The molecule has 2 N–H and O–H groups in total. The molecule has 0 aliphatic carbocycles. The lowest BCUT2D eigenvalue weighted by Gasteiger charge is -2.10. The van der Waals surface area contributed by atoms with Crippen LogP contribution in [0.25, 0.3) is 10.9 Å². The lowest BCUT2D eigenvalue weighted by Crippen LogP contribution is -2.25. The molecule has 0 bridgehead atoms. The number of carbonyl (C=O) groups is 1. The van der Waals surface area contributed by atoms with E-state index in [0.717, 1.165) is 10.9 Å². The van der Waals surface area contributed by atoms with Crippen molar-refractivity contribution in [3.05, 3.63) is 65.9 Å². The third-order valence-corrected chi connectivity index (χ3v) is 5.70. The van der Waals surface area contributed by atoms with Crippen LogP contribution in [0.4, 0.5) is 0 Å². The second-order valence-electron chi connectivity index (χ2n) is 5.87. The molecule has 0 spiro atoms. The van der Waals surface area contributed by atoms with Gasteiger partial charge in [-0.3, -0.25) is 4.79 Å². The Hall–Kier alpha value is -2.64. The summed E-state index contributed by atoms with van der Waals surface area (Å²) in [5.41, 5.74) is 2.32. The summed E-state index contributed by atoms with van der Waals surface area (Å²) in [7, 11) is -2.14. The van der Waals surface area contributed by atoms with E-state index < -0.39 is 10.0 Å². The molecule has 0 saturated carbocycles. The normalized spacial score (nSPS) is 11.6. The van der Waals surface area contributed by atoms with Crippen molar-refractivity contribution in [1.29, 1.82) is 0 Å². The summed E-state index contributed by atoms with van der Waals surface area (Å²) in [4.78, 5) is 12.8. The number of hydrogen-bond donors (Lipinski definition) is 2. The fraction of sp³-hybridized carbons (Fsp3) is 0.211. The molecular weight excluding hydrogens is 350 g/mol. The minimum Gasteiger partial charge on any atom is -0.347 e. The monoisotopic (exact) mass is 371 g/mol. The molecule has 0 unspecified atom stereocenters.